The van der Waals surface area contributed by atoms with E-state index in [-0.39, 0.29) is 5.57 Å². The number of hydrogen-bond donors (Lipinski definition) is 0. The van der Waals surface area contributed by atoms with Gasteiger partial charge in [0.15, 0.2) is 0 Å². The third-order valence-corrected chi connectivity index (χ3v) is 4.10. The molecule has 19 heavy (non-hydrogen) atoms. The molecular weight excluding hydrogens is 236 g/mol. The van der Waals surface area contributed by atoms with E-state index in [1.165, 1.54) is 64.7 Å². The third kappa shape index (κ3) is 9.75. The highest BCUT2D eigenvalue weighted by molar-refractivity contribution is 5.82. The second-order valence-corrected chi connectivity index (χ2v) is 5.86. The van der Waals surface area contributed by atoms with Crippen LogP contribution >= 0.6 is 0 Å². The Labute approximate surface area is 119 Å². The third-order valence-electron chi connectivity index (χ3n) is 4.10. The van der Waals surface area contributed by atoms with Gasteiger partial charge in [0.05, 0.1) is 5.97 Å². The van der Waals surface area contributed by atoms with Gasteiger partial charge in [0.25, 0.3) is 0 Å². The Bertz CT molecular complexity index is 242. The first-order chi connectivity index (χ1) is 9.01. The number of carbonyl (C=O) groups excluding carboxylic acids is 1. The number of aliphatic carboxylic acids is 1. The van der Waals surface area contributed by atoms with Gasteiger partial charge in [0, 0.05) is 0 Å². The van der Waals surface area contributed by atoms with Gasteiger partial charge in [-0.05, 0) is 24.3 Å². The average molecular weight is 267 g/mol. The molecule has 0 saturated heterocycles. The lowest BCUT2D eigenvalue weighted by atomic mass is 9.79. The number of carboxylic acids is 1. The van der Waals surface area contributed by atoms with Crippen molar-refractivity contribution in [3.63, 3.8) is 0 Å². The molecule has 0 heterocycles. The van der Waals surface area contributed by atoms with Crippen LogP contribution in [-0.4, -0.2) is 5.97 Å². The molecule has 2 heteroatoms. The van der Waals surface area contributed by atoms with Gasteiger partial charge in [-0.3, -0.25) is 0 Å². The molecule has 1 aliphatic carbocycles. The summed E-state index contributed by atoms with van der Waals surface area (Å²) < 4.78 is 0. The van der Waals surface area contributed by atoms with Crippen LogP contribution in [-0.2, 0) is 4.79 Å². The van der Waals surface area contributed by atoms with E-state index in [1.807, 2.05) is 0 Å². The van der Waals surface area contributed by atoms with Crippen LogP contribution in [0.25, 0.3) is 0 Å². The maximum absolute atomic E-state index is 9.49. The molecule has 0 amide bonds. The highest BCUT2D eigenvalue weighted by Gasteiger charge is 2.18. The summed E-state index contributed by atoms with van der Waals surface area (Å²) >= 11 is 0. The predicted octanol–water partition coefficient (Wildman–Crippen LogP) is 4.10. The predicted molar refractivity (Wildman–Crippen MR) is 79.7 cm³/mol. The fourth-order valence-electron chi connectivity index (χ4n) is 2.30. The van der Waals surface area contributed by atoms with E-state index in [9.17, 15) is 9.90 Å². The van der Waals surface area contributed by atoms with Gasteiger partial charge in [-0.15, -0.1) is 0 Å². The smallest absolute Gasteiger partial charge is 0.0666 e. The molecule has 0 radical (unpaired) electrons. The van der Waals surface area contributed by atoms with Gasteiger partial charge in [-0.25, -0.2) is 0 Å². The van der Waals surface area contributed by atoms with Gasteiger partial charge in [-0.2, -0.15) is 0 Å². The first kappa shape index (κ1) is 18.2. The second kappa shape index (κ2) is 11.1. The Kier molecular flexibility index (Phi) is 10.6. The van der Waals surface area contributed by atoms with Crippen LogP contribution in [0.2, 0.25) is 0 Å². The molecule has 1 saturated carbocycles. The molecule has 0 N–H and O–H groups in total. The molecule has 1 fully saturated rings. The maximum atomic E-state index is 9.49. The monoisotopic (exact) mass is 267 g/mol. The molecule has 0 spiro atoms. The topological polar surface area (TPSA) is 40.1 Å². The van der Waals surface area contributed by atoms with E-state index in [1.54, 1.807) is 0 Å². The number of hydrogen-bond acceptors (Lipinski definition) is 2. The highest BCUT2D eigenvalue weighted by atomic mass is 16.4. The lowest BCUT2D eigenvalue weighted by Gasteiger charge is -2.27. The lowest BCUT2D eigenvalue weighted by Crippen LogP contribution is -2.22. The number of carboxylic acid groups (broad SMARTS) is 1. The first-order valence-electron chi connectivity index (χ1n) is 7.88. The van der Waals surface area contributed by atoms with Crippen LogP contribution in [0.3, 0.4) is 0 Å². The van der Waals surface area contributed by atoms with E-state index in [2.05, 4.69) is 20.4 Å². The van der Waals surface area contributed by atoms with Crippen LogP contribution in [0.1, 0.15) is 78.6 Å². The van der Waals surface area contributed by atoms with Crippen molar-refractivity contribution in [1.29, 1.82) is 0 Å². The molecule has 2 nitrogen and oxygen atoms in total. The summed E-state index contributed by atoms with van der Waals surface area (Å²) in [6, 6.07) is 0. The summed E-state index contributed by atoms with van der Waals surface area (Å²) in [6.45, 7) is 9.14. The number of unbranched alkanes of at least 4 members (excludes halogenated alkanes) is 1. The van der Waals surface area contributed by atoms with Crippen molar-refractivity contribution in [3.05, 3.63) is 12.2 Å². The quantitative estimate of drug-likeness (QED) is 0.621. The zero-order valence-electron chi connectivity index (χ0n) is 13.0. The molecule has 0 aliphatic heterocycles. The Morgan fingerprint density at radius 3 is 2.21 bits per heavy atom. The molecule has 1 aliphatic rings. The Balaban J connectivity index is 0.000000459. The van der Waals surface area contributed by atoms with E-state index in [0.29, 0.717) is 0 Å². The lowest BCUT2D eigenvalue weighted by molar-refractivity contribution is -0.299. The van der Waals surface area contributed by atoms with Crippen LogP contribution < -0.4 is 5.11 Å². The summed E-state index contributed by atoms with van der Waals surface area (Å²) in [6.07, 6.45) is 13.3. The van der Waals surface area contributed by atoms with Gasteiger partial charge in [-0.1, -0.05) is 78.2 Å². The molecule has 0 aromatic heterocycles. The normalized spacial score (nSPS) is 15.9. The summed E-state index contributed by atoms with van der Waals surface area (Å²) in [7, 11) is 0. The molecule has 0 bridgehead atoms. The van der Waals surface area contributed by atoms with E-state index < -0.39 is 5.97 Å². The summed E-state index contributed by atoms with van der Waals surface area (Å²) in [4.78, 5) is 9.49. The Morgan fingerprint density at radius 1 is 1.32 bits per heavy atom. The van der Waals surface area contributed by atoms with Gasteiger partial charge >= 0.3 is 0 Å². The number of rotatable bonds is 8. The summed E-state index contributed by atoms with van der Waals surface area (Å²) in [5.41, 5.74) is 0.0648. The van der Waals surface area contributed by atoms with E-state index in [0.717, 1.165) is 11.8 Å². The average Bonchev–Trinajstić information content (AvgIpc) is 2.32. The maximum Gasteiger partial charge on any atom is 0.0666 e. The molecular formula is C17H31O2-. The van der Waals surface area contributed by atoms with Crippen molar-refractivity contribution >= 4 is 5.97 Å². The van der Waals surface area contributed by atoms with Crippen molar-refractivity contribution < 1.29 is 9.90 Å². The van der Waals surface area contributed by atoms with Crippen molar-refractivity contribution in [3.8, 4) is 0 Å². The van der Waals surface area contributed by atoms with Crippen molar-refractivity contribution in [2.75, 3.05) is 0 Å². The second-order valence-electron chi connectivity index (χ2n) is 5.86. The SMILES string of the molecule is C=C(C)C(=O)[O-].CCCCC(CC)CCC1CCC1. The Morgan fingerprint density at radius 2 is 1.89 bits per heavy atom. The number of carbonyl (C=O) groups is 1. The molecule has 1 unspecified atom stereocenters. The van der Waals surface area contributed by atoms with Crippen molar-refractivity contribution in [2.45, 2.75) is 78.6 Å². The van der Waals surface area contributed by atoms with Crippen LogP contribution in [0.5, 0.6) is 0 Å². The first-order valence-corrected chi connectivity index (χ1v) is 7.88. The molecule has 112 valence electrons. The van der Waals surface area contributed by atoms with Crippen LogP contribution in [0.15, 0.2) is 12.2 Å². The largest absolute Gasteiger partial charge is 0.545 e. The van der Waals surface area contributed by atoms with Gasteiger partial charge < -0.3 is 9.90 Å². The highest BCUT2D eigenvalue weighted by Crippen LogP contribution is 2.33. The summed E-state index contributed by atoms with van der Waals surface area (Å²) in [5, 5.41) is 9.49. The molecule has 1 rings (SSSR count). The Hall–Kier alpha value is -0.790. The van der Waals surface area contributed by atoms with Gasteiger partial charge in [0.2, 0.25) is 0 Å². The minimum absolute atomic E-state index is 0.0648. The molecule has 0 aromatic rings. The van der Waals surface area contributed by atoms with Crippen molar-refractivity contribution in [2.24, 2.45) is 11.8 Å². The fourth-order valence-corrected chi connectivity index (χ4v) is 2.30. The van der Waals surface area contributed by atoms with E-state index in [4.69, 9.17) is 0 Å². The zero-order chi connectivity index (χ0) is 14.7. The standard InChI is InChI=1S/C13H26.C4H6O2/c1-3-5-7-12(4-2)10-11-13-8-6-9-13;1-3(2)4(5)6/h12-13H,3-11H2,1-2H3;1H2,2H3,(H,5,6)/p-1. The van der Waals surface area contributed by atoms with Crippen molar-refractivity contribution in [1.82, 2.24) is 0 Å². The fraction of sp³-hybridized carbons (Fsp3) is 0.824. The van der Waals surface area contributed by atoms with E-state index >= 15 is 0 Å². The minimum Gasteiger partial charge on any atom is -0.545 e. The molecule has 0 aromatic carbocycles. The molecule has 1 atom stereocenters. The minimum atomic E-state index is -1.19. The zero-order valence-corrected chi connectivity index (χ0v) is 13.0. The van der Waals surface area contributed by atoms with Crippen LogP contribution in [0, 0.1) is 11.8 Å². The van der Waals surface area contributed by atoms with Gasteiger partial charge in [0.1, 0.15) is 0 Å². The summed E-state index contributed by atoms with van der Waals surface area (Å²) in [5.74, 6) is 0.978. The van der Waals surface area contributed by atoms with Crippen LogP contribution in [0.4, 0.5) is 0 Å².